The molecule has 84 valence electrons. The van der Waals surface area contributed by atoms with E-state index in [9.17, 15) is 14.4 Å². The predicted molar refractivity (Wildman–Crippen MR) is 52.6 cm³/mol. The molecule has 1 aromatic rings. The number of ether oxygens (including phenoxy) is 1. The summed E-state index contributed by atoms with van der Waals surface area (Å²) in [4.78, 5) is 36.5. The van der Waals surface area contributed by atoms with E-state index >= 15 is 0 Å². The van der Waals surface area contributed by atoms with E-state index in [2.05, 4.69) is 9.72 Å². The highest BCUT2D eigenvalue weighted by molar-refractivity contribution is 6.03. The van der Waals surface area contributed by atoms with Gasteiger partial charge in [-0.1, -0.05) is 6.07 Å². The Labute approximate surface area is 90.6 Å². The second-order valence-electron chi connectivity index (χ2n) is 2.72. The zero-order valence-corrected chi connectivity index (χ0v) is 8.39. The minimum absolute atomic E-state index is 0.0281. The van der Waals surface area contributed by atoms with Crippen molar-refractivity contribution in [3.63, 3.8) is 0 Å². The Bertz CT molecular complexity index is 444. The van der Waals surface area contributed by atoms with Gasteiger partial charge in [-0.15, -0.1) is 0 Å². The average molecular weight is 223 g/mol. The van der Waals surface area contributed by atoms with Gasteiger partial charge in [-0.05, 0) is 12.1 Å². The molecule has 7 heteroatoms. The first-order chi connectivity index (χ1) is 7.54. The zero-order valence-electron chi connectivity index (χ0n) is 8.39. The quantitative estimate of drug-likeness (QED) is 0.667. The number of imide groups is 1. The Kier molecular flexibility index (Phi) is 3.54. The van der Waals surface area contributed by atoms with Gasteiger partial charge in [0.15, 0.2) is 0 Å². The second kappa shape index (κ2) is 4.87. The number of amides is 3. The van der Waals surface area contributed by atoms with Crippen LogP contribution in [-0.2, 0) is 4.74 Å². The number of methoxy groups -OCH3 is 1. The molecule has 0 spiro atoms. The monoisotopic (exact) mass is 223 g/mol. The number of aromatic nitrogens is 1. The molecule has 0 saturated carbocycles. The summed E-state index contributed by atoms with van der Waals surface area (Å²) in [5.74, 6) is -1.45. The number of primary amides is 1. The molecular formula is C9H9N3O4. The first-order valence-electron chi connectivity index (χ1n) is 4.20. The number of carbonyl (C=O) groups excluding carboxylic acids is 3. The Morgan fingerprint density at radius 1 is 1.31 bits per heavy atom. The Balaban J connectivity index is 2.94. The molecule has 0 unspecified atom stereocenters. The van der Waals surface area contributed by atoms with Crippen molar-refractivity contribution in [1.82, 2.24) is 10.3 Å². The number of rotatable bonds is 2. The van der Waals surface area contributed by atoms with Crippen LogP contribution in [0.15, 0.2) is 18.2 Å². The van der Waals surface area contributed by atoms with Crippen molar-refractivity contribution in [2.75, 3.05) is 7.11 Å². The summed E-state index contributed by atoms with van der Waals surface area (Å²) in [6.07, 6.45) is 0. The maximum Gasteiger partial charge on any atom is 0.356 e. The number of esters is 1. The van der Waals surface area contributed by atoms with Crippen LogP contribution in [0.5, 0.6) is 0 Å². The number of pyridine rings is 1. The third-order valence-corrected chi connectivity index (χ3v) is 1.61. The van der Waals surface area contributed by atoms with Crippen LogP contribution in [0.1, 0.15) is 21.0 Å². The molecule has 1 rings (SSSR count). The number of carbonyl (C=O) groups is 3. The third kappa shape index (κ3) is 2.77. The van der Waals surface area contributed by atoms with Crippen molar-refractivity contribution >= 4 is 17.9 Å². The maximum atomic E-state index is 11.3. The lowest BCUT2D eigenvalue weighted by atomic mass is 10.3. The lowest BCUT2D eigenvalue weighted by Gasteiger charge is -2.02. The van der Waals surface area contributed by atoms with Gasteiger partial charge >= 0.3 is 12.0 Å². The summed E-state index contributed by atoms with van der Waals surface area (Å²) in [7, 11) is 1.19. The molecule has 0 aliphatic carbocycles. The van der Waals surface area contributed by atoms with Crippen LogP contribution in [-0.4, -0.2) is 30.0 Å². The van der Waals surface area contributed by atoms with E-state index in [1.165, 1.54) is 25.3 Å². The number of nitrogens with two attached hydrogens (primary N) is 1. The van der Waals surface area contributed by atoms with Gasteiger partial charge in [-0.2, -0.15) is 0 Å². The smallest absolute Gasteiger partial charge is 0.356 e. The van der Waals surface area contributed by atoms with Crippen LogP contribution in [0.4, 0.5) is 4.79 Å². The summed E-state index contributed by atoms with van der Waals surface area (Å²) in [6, 6.07) is 3.17. The summed E-state index contributed by atoms with van der Waals surface area (Å²) >= 11 is 0. The predicted octanol–water partition coefficient (Wildman–Crippen LogP) is -0.323. The molecule has 0 atom stereocenters. The molecule has 0 bridgehead atoms. The number of hydrogen-bond donors (Lipinski definition) is 2. The molecule has 0 saturated heterocycles. The van der Waals surface area contributed by atoms with Crippen LogP contribution in [0.2, 0.25) is 0 Å². The molecule has 3 amide bonds. The standard InChI is InChI=1S/C9H9N3O4/c1-16-8(14)6-4-2-3-5(11-6)7(13)12-9(10)15/h2-4H,1H3,(H3,10,12,13,15). The SMILES string of the molecule is COC(=O)c1cccc(C(=O)NC(N)=O)n1. The fourth-order valence-electron chi connectivity index (χ4n) is 0.955. The normalized spacial score (nSPS) is 9.31. The largest absolute Gasteiger partial charge is 0.464 e. The van der Waals surface area contributed by atoms with Gasteiger partial charge < -0.3 is 10.5 Å². The van der Waals surface area contributed by atoms with Gasteiger partial charge in [0, 0.05) is 0 Å². The Morgan fingerprint density at radius 2 is 1.94 bits per heavy atom. The molecule has 0 aliphatic rings. The van der Waals surface area contributed by atoms with Crippen LogP contribution in [0.25, 0.3) is 0 Å². The van der Waals surface area contributed by atoms with E-state index < -0.39 is 17.9 Å². The van der Waals surface area contributed by atoms with Crippen LogP contribution in [0.3, 0.4) is 0 Å². The number of hydrogen-bond acceptors (Lipinski definition) is 5. The van der Waals surface area contributed by atoms with Crippen LogP contribution >= 0.6 is 0 Å². The van der Waals surface area contributed by atoms with Gasteiger partial charge in [0.05, 0.1) is 7.11 Å². The van der Waals surface area contributed by atoms with E-state index in [0.717, 1.165) is 0 Å². The lowest BCUT2D eigenvalue weighted by Crippen LogP contribution is -2.35. The van der Waals surface area contributed by atoms with E-state index in [1.54, 1.807) is 0 Å². The van der Waals surface area contributed by atoms with Crippen LogP contribution in [0, 0.1) is 0 Å². The molecule has 0 aliphatic heterocycles. The van der Waals surface area contributed by atoms with Crippen LogP contribution < -0.4 is 11.1 Å². The van der Waals surface area contributed by atoms with E-state index in [4.69, 9.17) is 5.73 Å². The summed E-state index contributed by atoms with van der Waals surface area (Å²) in [5.41, 5.74) is 4.64. The Morgan fingerprint density at radius 3 is 2.50 bits per heavy atom. The van der Waals surface area contributed by atoms with E-state index in [1.807, 2.05) is 5.32 Å². The molecule has 16 heavy (non-hydrogen) atoms. The Hall–Kier alpha value is -2.44. The molecular weight excluding hydrogens is 214 g/mol. The van der Waals surface area contributed by atoms with Gasteiger partial charge in [-0.3, -0.25) is 10.1 Å². The molecule has 3 N–H and O–H groups in total. The lowest BCUT2D eigenvalue weighted by molar-refractivity contribution is 0.0594. The first kappa shape index (κ1) is 11.6. The zero-order chi connectivity index (χ0) is 12.1. The van der Waals surface area contributed by atoms with Gasteiger partial charge in [-0.25, -0.2) is 14.6 Å². The van der Waals surface area contributed by atoms with Crippen molar-refractivity contribution < 1.29 is 19.1 Å². The van der Waals surface area contributed by atoms with E-state index in [-0.39, 0.29) is 11.4 Å². The number of nitrogens with one attached hydrogen (secondary N) is 1. The molecule has 1 heterocycles. The fourth-order valence-corrected chi connectivity index (χ4v) is 0.955. The van der Waals surface area contributed by atoms with Crippen molar-refractivity contribution in [1.29, 1.82) is 0 Å². The first-order valence-corrected chi connectivity index (χ1v) is 4.20. The molecule has 0 aromatic carbocycles. The average Bonchev–Trinajstić information content (AvgIpc) is 2.27. The van der Waals surface area contributed by atoms with Crippen molar-refractivity contribution in [2.24, 2.45) is 5.73 Å². The number of nitrogens with zero attached hydrogens (tertiary/aromatic N) is 1. The molecule has 0 radical (unpaired) electrons. The minimum atomic E-state index is -0.990. The van der Waals surface area contributed by atoms with E-state index in [0.29, 0.717) is 0 Å². The van der Waals surface area contributed by atoms with Gasteiger partial charge in [0.2, 0.25) is 0 Å². The second-order valence-corrected chi connectivity index (χ2v) is 2.72. The summed E-state index contributed by atoms with van der Waals surface area (Å²) in [5, 5.41) is 1.83. The molecule has 1 aromatic heterocycles. The van der Waals surface area contributed by atoms with Crippen molar-refractivity contribution in [3.05, 3.63) is 29.6 Å². The fraction of sp³-hybridized carbons (Fsp3) is 0.111. The topological polar surface area (TPSA) is 111 Å². The molecule has 7 nitrogen and oxygen atoms in total. The highest BCUT2D eigenvalue weighted by atomic mass is 16.5. The highest BCUT2D eigenvalue weighted by Crippen LogP contribution is 2.01. The summed E-state index contributed by atoms with van der Waals surface area (Å²) < 4.78 is 4.43. The maximum absolute atomic E-state index is 11.3. The number of urea groups is 1. The minimum Gasteiger partial charge on any atom is -0.464 e. The van der Waals surface area contributed by atoms with Crippen molar-refractivity contribution in [2.45, 2.75) is 0 Å². The molecule has 0 fully saturated rings. The third-order valence-electron chi connectivity index (χ3n) is 1.61. The van der Waals surface area contributed by atoms with Gasteiger partial charge in [0.1, 0.15) is 11.4 Å². The summed E-state index contributed by atoms with van der Waals surface area (Å²) in [6.45, 7) is 0. The van der Waals surface area contributed by atoms with Crippen molar-refractivity contribution in [3.8, 4) is 0 Å². The van der Waals surface area contributed by atoms with Gasteiger partial charge in [0.25, 0.3) is 5.91 Å². The highest BCUT2D eigenvalue weighted by Gasteiger charge is 2.13.